The molecule has 1 aliphatic rings. The minimum atomic E-state index is 0.204. The van der Waals surface area contributed by atoms with Crippen LogP contribution in [0.2, 0.25) is 0 Å². The summed E-state index contributed by atoms with van der Waals surface area (Å²) in [5, 5.41) is 6.57. The van der Waals surface area contributed by atoms with E-state index in [1.165, 1.54) is 0 Å². The van der Waals surface area contributed by atoms with E-state index in [9.17, 15) is 4.79 Å². The Morgan fingerprint density at radius 1 is 1.69 bits per heavy atom. The Kier molecular flexibility index (Phi) is 3.95. The molecule has 0 aliphatic carbocycles. The van der Waals surface area contributed by atoms with Crippen LogP contribution >= 0.6 is 15.9 Å². The van der Waals surface area contributed by atoms with Gasteiger partial charge in [-0.3, -0.25) is 9.48 Å². The number of amides is 1. The van der Waals surface area contributed by atoms with Crippen molar-refractivity contribution in [2.75, 3.05) is 6.54 Å². The van der Waals surface area contributed by atoms with Crippen molar-refractivity contribution >= 4 is 21.8 Å². The van der Waals surface area contributed by atoms with E-state index in [0.29, 0.717) is 0 Å². The average molecular weight is 246 g/mol. The molecule has 1 aliphatic heterocycles. The number of nitrogens with one attached hydrogen (secondary N) is 1. The predicted octanol–water partition coefficient (Wildman–Crippen LogP) is 1.08. The van der Waals surface area contributed by atoms with Gasteiger partial charge in [0.1, 0.15) is 0 Å². The first-order valence-corrected chi connectivity index (χ1v) is 4.88. The number of nitrogens with zero attached hydrogens (tertiary/aromatic N) is 2. The second-order valence-electron chi connectivity index (χ2n) is 2.79. The number of hydrogen-bond acceptors (Lipinski definition) is 2. The van der Waals surface area contributed by atoms with Gasteiger partial charge in [-0.1, -0.05) is 0 Å². The van der Waals surface area contributed by atoms with Gasteiger partial charge in [0, 0.05) is 26.2 Å². The lowest BCUT2D eigenvalue weighted by Gasteiger charge is -1.80. The first-order chi connectivity index (χ1) is 6.18. The summed E-state index contributed by atoms with van der Waals surface area (Å²) in [4.78, 5) is 10.1. The molecule has 0 unspecified atom stereocenters. The minimum Gasteiger partial charge on any atom is -0.356 e. The molecule has 1 fully saturated rings. The second kappa shape index (κ2) is 5.01. The van der Waals surface area contributed by atoms with E-state index in [-0.39, 0.29) is 5.91 Å². The van der Waals surface area contributed by atoms with E-state index in [1.807, 2.05) is 13.2 Å². The first kappa shape index (κ1) is 10.2. The van der Waals surface area contributed by atoms with Crippen LogP contribution in [0.15, 0.2) is 16.9 Å². The summed E-state index contributed by atoms with van der Waals surface area (Å²) >= 11 is 3.25. The largest absolute Gasteiger partial charge is 0.356 e. The Morgan fingerprint density at radius 2 is 2.46 bits per heavy atom. The van der Waals surface area contributed by atoms with Crippen molar-refractivity contribution in [1.29, 1.82) is 0 Å². The monoisotopic (exact) mass is 245 g/mol. The van der Waals surface area contributed by atoms with Gasteiger partial charge in [-0.05, 0) is 22.4 Å². The number of carbonyl (C=O) groups excluding carboxylic acids is 1. The molecule has 0 spiro atoms. The number of aryl methyl sites for hydroxylation is 1. The zero-order valence-electron chi connectivity index (χ0n) is 7.46. The summed E-state index contributed by atoms with van der Waals surface area (Å²) in [7, 11) is 1.88. The molecule has 5 heteroatoms. The number of rotatable bonds is 0. The molecule has 1 saturated heterocycles. The van der Waals surface area contributed by atoms with Gasteiger partial charge in [-0.25, -0.2) is 0 Å². The molecule has 1 aromatic heterocycles. The third-order valence-corrected chi connectivity index (χ3v) is 1.99. The highest BCUT2D eigenvalue weighted by Gasteiger charge is 2.05. The molecule has 4 nitrogen and oxygen atoms in total. The average Bonchev–Trinajstić information content (AvgIpc) is 2.64. The van der Waals surface area contributed by atoms with E-state index >= 15 is 0 Å². The van der Waals surface area contributed by atoms with Crippen LogP contribution in [0, 0.1) is 0 Å². The first-order valence-electron chi connectivity index (χ1n) is 4.09. The molecule has 0 atom stereocenters. The lowest BCUT2D eigenvalue weighted by Crippen LogP contribution is -2.12. The molecule has 1 aromatic rings. The van der Waals surface area contributed by atoms with Crippen LogP contribution in [-0.4, -0.2) is 22.2 Å². The lowest BCUT2D eigenvalue weighted by atomic mass is 10.4. The second-order valence-corrected chi connectivity index (χ2v) is 3.70. The van der Waals surface area contributed by atoms with Crippen molar-refractivity contribution in [3.8, 4) is 0 Å². The summed E-state index contributed by atoms with van der Waals surface area (Å²) in [6.45, 7) is 0.888. The molecule has 0 radical (unpaired) electrons. The Bertz CT molecular complexity index is 260. The molecule has 2 heterocycles. The molecule has 2 rings (SSSR count). The highest BCUT2D eigenvalue weighted by molar-refractivity contribution is 9.10. The van der Waals surface area contributed by atoms with Crippen molar-refractivity contribution in [3.63, 3.8) is 0 Å². The molecule has 1 amide bonds. The summed E-state index contributed by atoms with van der Waals surface area (Å²) in [6, 6.07) is 0. The van der Waals surface area contributed by atoms with E-state index in [0.717, 1.165) is 23.9 Å². The van der Waals surface area contributed by atoms with E-state index in [2.05, 4.69) is 26.3 Å². The fraction of sp³-hybridized carbons (Fsp3) is 0.500. The van der Waals surface area contributed by atoms with Gasteiger partial charge >= 0.3 is 0 Å². The summed E-state index contributed by atoms with van der Waals surface area (Å²) in [5.41, 5.74) is 0. The molecule has 0 saturated carbocycles. The lowest BCUT2D eigenvalue weighted by molar-refractivity contribution is -0.119. The van der Waals surface area contributed by atoms with E-state index in [4.69, 9.17) is 0 Å². The van der Waals surface area contributed by atoms with Crippen molar-refractivity contribution in [1.82, 2.24) is 15.1 Å². The van der Waals surface area contributed by atoms with Gasteiger partial charge in [0.25, 0.3) is 0 Å². The molecule has 72 valence electrons. The Labute approximate surface area is 85.4 Å². The maximum atomic E-state index is 10.1. The fourth-order valence-corrected chi connectivity index (χ4v) is 1.34. The normalized spacial score (nSPS) is 14.8. The molecule has 1 N–H and O–H groups in total. The standard InChI is InChI=1S/C4H5BrN2.C4H7NO/c1-7-3-4(5)2-6-7;6-4-2-1-3-5-4/h2-3H,1H3;1-3H2,(H,5,6). The van der Waals surface area contributed by atoms with Gasteiger partial charge < -0.3 is 5.32 Å². The molecular formula is C8H12BrN3O. The third-order valence-electron chi connectivity index (χ3n) is 1.58. The Hall–Kier alpha value is -0.840. The van der Waals surface area contributed by atoms with Crippen LogP contribution in [0.25, 0.3) is 0 Å². The Morgan fingerprint density at radius 3 is 2.62 bits per heavy atom. The summed E-state index contributed by atoms with van der Waals surface area (Å²) in [5.74, 6) is 0.204. The smallest absolute Gasteiger partial charge is 0.220 e. The van der Waals surface area contributed by atoms with Gasteiger partial charge in [-0.15, -0.1) is 0 Å². The van der Waals surface area contributed by atoms with Crippen LogP contribution in [0.3, 0.4) is 0 Å². The van der Waals surface area contributed by atoms with Gasteiger partial charge in [0.2, 0.25) is 5.91 Å². The quantitative estimate of drug-likeness (QED) is 0.744. The topological polar surface area (TPSA) is 46.9 Å². The zero-order chi connectivity index (χ0) is 9.68. The van der Waals surface area contributed by atoms with Crippen LogP contribution in [-0.2, 0) is 11.8 Å². The van der Waals surface area contributed by atoms with E-state index in [1.54, 1.807) is 10.9 Å². The SMILES string of the molecule is Cn1cc(Br)cn1.O=C1CCCN1. The number of aromatic nitrogens is 2. The maximum absolute atomic E-state index is 10.1. The van der Waals surface area contributed by atoms with Gasteiger partial charge in [0.15, 0.2) is 0 Å². The van der Waals surface area contributed by atoms with Crippen LogP contribution in [0.1, 0.15) is 12.8 Å². The fourth-order valence-electron chi connectivity index (χ4n) is 0.957. The van der Waals surface area contributed by atoms with Crippen molar-refractivity contribution in [2.24, 2.45) is 7.05 Å². The zero-order valence-corrected chi connectivity index (χ0v) is 9.04. The third kappa shape index (κ3) is 4.07. The predicted molar refractivity (Wildman–Crippen MR) is 53.2 cm³/mol. The van der Waals surface area contributed by atoms with Crippen LogP contribution in [0.4, 0.5) is 0 Å². The molecular weight excluding hydrogens is 234 g/mol. The summed E-state index contributed by atoms with van der Waals surface area (Å²) in [6.07, 6.45) is 5.40. The Balaban J connectivity index is 0.000000132. The number of hydrogen-bond donors (Lipinski definition) is 1. The van der Waals surface area contributed by atoms with Gasteiger partial charge in [-0.2, -0.15) is 5.10 Å². The van der Waals surface area contributed by atoms with Gasteiger partial charge in [0.05, 0.1) is 10.7 Å². The molecule has 13 heavy (non-hydrogen) atoms. The van der Waals surface area contributed by atoms with E-state index < -0.39 is 0 Å². The minimum absolute atomic E-state index is 0.204. The summed E-state index contributed by atoms with van der Waals surface area (Å²) < 4.78 is 2.76. The number of halogens is 1. The maximum Gasteiger partial charge on any atom is 0.220 e. The number of carbonyl (C=O) groups is 1. The highest BCUT2D eigenvalue weighted by atomic mass is 79.9. The van der Waals surface area contributed by atoms with Crippen LogP contribution in [0.5, 0.6) is 0 Å². The van der Waals surface area contributed by atoms with Crippen molar-refractivity contribution < 1.29 is 4.79 Å². The highest BCUT2D eigenvalue weighted by Crippen LogP contribution is 2.03. The van der Waals surface area contributed by atoms with Crippen LogP contribution < -0.4 is 5.32 Å². The molecule has 0 bridgehead atoms. The molecule has 0 aromatic carbocycles. The van der Waals surface area contributed by atoms with Crippen molar-refractivity contribution in [2.45, 2.75) is 12.8 Å². The van der Waals surface area contributed by atoms with Crippen molar-refractivity contribution in [3.05, 3.63) is 16.9 Å².